The topological polar surface area (TPSA) is 37.3 Å². The van der Waals surface area contributed by atoms with E-state index < -0.39 is 5.97 Å². The molecule has 28 valence electrons. The van der Waals surface area contributed by atoms with Crippen molar-refractivity contribution >= 4 is 5.97 Å². The van der Waals surface area contributed by atoms with Gasteiger partial charge in [0.2, 0.25) is 0 Å². The van der Waals surface area contributed by atoms with Crippen LogP contribution in [0.2, 0.25) is 0 Å². The Bertz CT molecular complexity index is 55.9. The highest BCUT2D eigenvalue weighted by Gasteiger charge is 1.73. The number of carbonyl (C=O) groups is 1. The molecule has 0 bridgehead atoms. The van der Waals surface area contributed by atoms with Gasteiger partial charge in [0.15, 0.2) is 0 Å². The maximum atomic E-state index is 9.25. The van der Waals surface area contributed by atoms with Crippen LogP contribution in [0.5, 0.6) is 0 Å². The first-order valence-electron chi connectivity index (χ1n) is 1.12. The molecule has 2 nitrogen and oxygen atoms in total. The first kappa shape index (κ1) is 4.21. The number of aliphatic carboxylic acids is 1. The van der Waals surface area contributed by atoms with Crippen molar-refractivity contribution in [2.24, 2.45) is 0 Å². The molecule has 0 aliphatic heterocycles. The molecule has 0 saturated carbocycles. The summed E-state index contributed by atoms with van der Waals surface area (Å²) in [6, 6.07) is 0. The first-order chi connectivity index (χ1) is 2.27. The Morgan fingerprint density at radius 2 is 2.20 bits per heavy atom. The minimum absolute atomic E-state index is 0.833. The second kappa shape index (κ2) is 1.52. The van der Waals surface area contributed by atoms with Crippen LogP contribution in [-0.4, -0.2) is 11.1 Å². The van der Waals surface area contributed by atoms with Crippen LogP contribution in [0.4, 0.5) is 0 Å². The third kappa shape index (κ3) is 3.21. The largest absolute Gasteiger partial charge is 0.478 e. The lowest BCUT2D eigenvalue weighted by atomic mass is 11.0. The summed E-state index contributed by atoms with van der Waals surface area (Å²) in [7, 11) is 0. The van der Waals surface area contributed by atoms with Crippen LogP contribution in [0.15, 0.2) is 12.7 Å². The maximum absolute atomic E-state index is 9.25. The Kier molecular flexibility index (Phi) is 1.28. The van der Waals surface area contributed by atoms with Crippen molar-refractivity contribution in [3.8, 4) is 0 Å². The summed E-state index contributed by atoms with van der Waals surface area (Å²) in [5.74, 6) is -0.981. The van der Waals surface area contributed by atoms with Gasteiger partial charge in [-0.15, -0.1) is 0 Å². The van der Waals surface area contributed by atoms with Crippen LogP contribution >= 0.6 is 0 Å². The second-order valence-electron chi connectivity index (χ2n) is 0.542. The summed E-state index contributed by atoms with van der Waals surface area (Å²) >= 11 is 0. The molecule has 0 aromatic rings. The molecule has 2 heteroatoms. The molecule has 0 heterocycles. The summed E-state index contributed by atoms with van der Waals surface area (Å²) in [6.45, 7) is 2.96. The van der Waals surface area contributed by atoms with E-state index in [1.807, 2.05) is 0 Å². The Morgan fingerprint density at radius 1 is 2.00 bits per heavy atom. The van der Waals surface area contributed by atoms with Crippen molar-refractivity contribution in [1.29, 1.82) is 0 Å². The van der Waals surface area contributed by atoms with Crippen LogP contribution in [0, 0.1) is 0 Å². The van der Waals surface area contributed by atoms with E-state index in [0.29, 0.717) is 0 Å². The summed E-state index contributed by atoms with van der Waals surface area (Å²) < 4.78 is 0. The highest BCUT2D eigenvalue weighted by atomic mass is 16.5. The Hall–Kier alpha value is -0.790. The highest BCUT2D eigenvalue weighted by Crippen LogP contribution is 1.54. The summed E-state index contributed by atoms with van der Waals surface area (Å²) in [5, 5.41) is 7.60. The predicted octanol–water partition coefficient (Wildman–Crippen LogP) is 0.257. The smallest absolute Gasteiger partial charge is 0.327 e. The normalized spacial score (nSPS) is 6.40. The second-order valence-corrected chi connectivity index (χ2v) is 0.542. The van der Waals surface area contributed by atoms with Gasteiger partial charge in [0, 0.05) is 6.08 Å². The van der Waals surface area contributed by atoms with Crippen molar-refractivity contribution in [3.63, 3.8) is 0 Å². The Morgan fingerprint density at radius 3 is 2.20 bits per heavy atom. The van der Waals surface area contributed by atoms with E-state index in [-0.39, 0.29) is 0 Å². The predicted molar refractivity (Wildman–Crippen MR) is 17.8 cm³/mol. The van der Waals surface area contributed by atoms with Crippen LogP contribution in [0.3, 0.4) is 0 Å². The molecule has 0 unspecified atom stereocenters. The van der Waals surface area contributed by atoms with E-state index in [9.17, 15) is 4.79 Å². The van der Waals surface area contributed by atoms with Crippen molar-refractivity contribution in [3.05, 3.63) is 12.7 Å². The fourth-order valence-electron chi connectivity index (χ4n) is 0. The van der Waals surface area contributed by atoms with E-state index in [0.717, 1.165) is 6.08 Å². The molecule has 0 rings (SSSR count). The molecule has 0 spiro atoms. The monoisotopic (exact) mass is 73.0 g/mol. The molecule has 1 N–H and O–H groups in total. The zero-order valence-electron chi connectivity index (χ0n) is 2.64. The Balaban J connectivity index is 3.20. The number of rotatable bonds is 1. The Labute approximate surface area is 29.7 Å². The van der Waals surface area contributed by atoms with E-state index >= 15 is 0 Å². The van der Waals surface area contributed by atoms with Gasteiger partial charge in [-0.2, -0.15) is 0 Å². The molecular formula is C3H4O2. The maximum Gasteiger partial charge on any atom is 0.327 e. The van der Waals surface area contributed by atoms with E-state index in [4.69, 9.17) is 5.11 Å². The molecule has 0 radical (unpaired) electrons. The average molecular weight is 73.1 g/mol. The van der Waals surface area contributed by atoms with Crippen molar-refractivity contribution < 1.29 is 9.90 Å². The number of hydrogen-bond donors (Lipinski definition) is 1. The van der Waals surface area contributed by atoms with Gasteiger partial charge in [-0.05, 0) is 0 Å². The van der Waals surface area contributed by atoms with E-state index in [1.54, 1.807) is 0 Å². The average Bonchev–Trinajstić information content (AvgIpc) is 1.38. The molecule has 5 heavy (non-hydrogen) atoms. The van der Waals surface area contributed by atoms with Crippen LogP contribution in [0.25, 0.3) is 0 Å². The van der Waals surface area contributed by atoms with Crippen LogP contribution < -0.4 is 0 Å². The number of hydrogen-bond acceptors (Lipinski definition) is 1. The standard InChI is InChI=1S/C3H4O2/c1-2-3(4)5/h2H,1H2,(H,4,5)/i3+1. The molecule has 0 fully saturated rings. The third-order valence-electron chi connectivity index (χ3n) is 0.175. The van der Waals surface area contributed by atoms with E-state index in [2.05, 4.69) is 6.58 Å². The van der Waals surface area contributed by atoms with Gasteiger partial charge in [-0.1, -0.05) is 6.58 Å². The number of carboxylic acid groups (broad SMARTS) is 1. The molecule has 0 aromatic heterocycles. The molecule has 0 aliphatic carbocycles. The zero-order chi connectivity index (χ0) is 4.28. The van der Waals surface area contributed by atoms with Gasteiger partial charge < -0.3 is 5.11 Å². The minimum atomic E-state index is -0.981. The molecule has 0 amide bonds. The minimum Gasteiger partial charge on any atom is -0.478 e. The zero-order valence-corrected chi connectivity index (χ0v) is 2.64. The van der Waals surface area contributed by atoms with Gasteiger partial charge in [0.05, 0.1) is 0 Å². The van der Waals surface area contributed by atoms with Gasteiger partial charge in [-0.3, -0.25) is 0 Å². The van der Waals surface area contributed by atoms with Crippen molar-refractivity contribution in [2.45, 2.75) is 0 Å². The SMILES string of the molecule is C=C[13C](=O)O. The molecule has 0 aliphatic rings. The molecular weight excluding hydrogens is 69.0 g/mol. The van der Waals surface area contributed by atoms with Gasteiger partial charge in [0.1, 0.15) is 0 Å². The number of carboxylic acids is 1. The summed E-state index contributed by atoms with van der Waals surface area (Å²) in [5.41, 5.74) is 0. The summed E-state index contributed by atoms with van der Waals surface area (Å²) in [4.78, 5) is 9.25. The van der Waals surface area contributed by atoms with Crippen LogP contribution in [0.1, 0.15) is 0 Å². The fourth-order valence-corrected chi connectivity index (χ4v) is 0. The molecule has 0 saturated heterocycles. The quantitative estimate of drug-likeness (QED) is 0.357. The lowest BCUT2D eigenvalue weighted by Gasteiger charge is -1.64. The van der Waals surface area contributed by atoms with E-state index in [1.165, 1.54) is 0 Å². The summed E-state index contributed by atoms with van der Waals surface area (Å²) in [6.07, 6.45) is 0.833. The third-order valence-corrected chi connectivity index (χ3v) is 0.175. The van der Waals surface area contributed by atoms with Crippen molar-refractivity contribution in [1.82, 2.24) is 0 Å². The lowest BCUT2D eigenvalue weighted by molar-refractivity contribution is -0.131. The molecule has 0 atom stereocenters. The van der Waals surface area contributed by atoms with Crippen molar-refractivity contribution in [2.75, 3.05) is 0 Å². The first-order valence-corrected chi connectivity index (χ1v) is 1.12. The van der Waals surface area contributed by atoms with Crippen LogP contribution in [-0.2, 0) is 4.79 Å². The van der Waals surface area contributed by atoms with Gasteiger partial charge >= 0.3 is 5.97 Å². The van der Waals surface area contributed by atoms with Gasteiger partial charge in [0.25, 0.3) is 0 Å². The highest BCUT2D eigenvalue weighted by molar-refractivity contribution is 5.78. The lowest BCUT2D eigenvalue weighted by Crippen LogP contribution is -1.82. The van der Waals surface area contributed by atoms with Gasteiger partial charge in [-0.25, -0.2) is 4.79 Å². The molecule has 0 aromatic carbocycles. The fraction of sp³-hybridized carbons (Fsp3) is 0.